The summed E-state index contributed by atoms with van der Waals surface area (Å²) in [5.41, 5.74) is 7.35. The van der Waals surface area contributed by atoms with Crippen molar-refractivity contribution in [3.63, 3.8) is 0 Å². The van der Waals surface area contributed by atoms with Crippen LogP contribution in [0.5, 0.6) is 0 Å². The highest BCUT2D eigenvalue weighted by Crippen LogP contribution is 2.24. The van der Waals surface area contributed by atoms with E-state index in [0.29, 0.717) is 13.0 Å². The molecule has 1 N–H and O–H groups in total. The summed E-state index contributed by atoms with van der Waals surface area (Å²) in [6.45, 7) is 6.64. The number of aryl methyl sites for hydroxylation is 2. The number of carbonyl (C=O) groups is 1. The van der Waals surface area contributed by atoms with Gasteiger partial charge in [-0.15, -0.1) is 0 Å². The van der Waals surface area contributed by atoms with E-state index in [0.717, 1.165) is 44.8 Å². The van der Waals surface area contributed by atoms with Gasteiger partial charge in [0.15, 0.2) is 0 Å². The molecule has 2 aromatic heterocycles. The van der Waals surface area contributed by atoms with Crippen molar-refractivity contribution < 1.29 is 4.79 Å². The van der Waals surface area contributed by atoms with E-state index in [1.807, 2.05) is 74.1 Å². The van der Waals surface area contributed by atoms with Crippen molar-refractivity contribution >= 4 is 16.8 Å². The fourth-order valence-corrected chi connectivity index (χ4v) is 3.90. The summed E-state index contributed by atoms with van der Waals surface area (Å²) in [4.78, 5) is 18.2. The van der Waals surface area contributed by atoms with Crippen LogP contribution in [0.2, 0.25) is 0 Å². The number of fused-ring (bicyclic) bond motifs is 1. The van der Waals surface area contributed by atoms with E-state index in [9.17, 15) is 4.79 Å². The highest BCUT2D eigenvalue weighted by Gasteiger charge is 2.19. The van der Waals surface area contributed by atoms with E-state index < -0.39 is 0 Å². The van der Waals surface area contributed by atoms with Gasteiger partial charge in [-0.05, 0) is 44.5 Å². The Morgan fingerprint density at radius 1 is 1.00 bits per heavy atom. The lowest BCUT2D eigenvalue weighted by Gasteiger charge is -2.18. The minimum Gasteiger partial charge on any atom is -0.358 e. The summed E-state index contributed by atoms with van der Waals surface area (Å²) in [5.74, 6) is 0.101. The van der Waals surface area contributed by atoms with E-state index in [2.05, 4.69) is 18.0 Å². The molecule has 0 fully saturated rings. The molecule has 148 valence electrons. The molecule has 1 amide bonds. The quantitative estimate of drug-likeness (QED) is 0.550. The smallest absolute Gasteiger partial charge is 0.227 e. The van der Waals surface area contributed by atoms with E-state index in [4.69, 9.17) is 5.10 Å². The van der Waals surface area contributed by atoms with Crippen LogP contribution in [-0.4, -0.2) is 32.6 Å². The van der Waals surface area contributed by atoms with E-state index >= 15 is 0 Å². The lowest BCUT2D eigenvalue weighted by molar-refractivity contribution is -0.129. The van der Waals surface area contributed by atoms with Crippen molar-refractivity contribution in [3.8, 4) is 5.69 Å². The third kappa shape index (κ3) is 3.56. The number of aromatic nitrogens is 3. The van der Waals surface area contributed by atoms with Gasteiger partial charge in [-0.2, -0.15) is 5.10 Å². The maximum absolute atomic E-state index is 13.0. The van der Waals surface area contributed by atoms with Gasteiger partial charge in [0.1, 0.15) is 0 Å². The van der Waals surface area contributed by atoms with Gasteiger partial charge >= 0.3 is 0 Å². The van der Waals surface area contributed by atoms with Gasteiger partial charge < -0.3 is 9.88 Å². The first-order valence-electron chi connectivity index (χ1n) is 9.86. The topological polar surface area (TPSA) is 53.9 Å². The van der Waals surface area contributed by atoms with Gasteiger partial charge in [0.2, 0.25) is 5.91 Å². The fraction of sp³-hybridized carbons (Fsp3) is 0.250. The predicted octanol–water partition coefficient (Wildman–Crippen LogP) is 4.48. The molecule has 5 heteroatoms. The summed E-state index contributed by atoms with van der Waals surface area (Å²) in [7, 11) is 1.87. The van der Waals surface area contributed by atoms with Crippen LogP contribution in [0, 0.1) is 20.8 Å². The van der Waals surface area contributed by atoms with Crippen molar-refractivity contribution in [2.75, 3.05) is 7.05 Å². The van der Waals surface area contributed by atoms with Gasteiger partial charge in [-0.25, -0.2) is 4.68 Å². The zero-order valence-corrected chi connectivity index (χ0v) is 17.4. The first-order valence-corrected chi connectivity index (χ1v) is 9.86. The summed E-state index contributed by atoms with van der Waals surface area (Å²) >= 11 is 0. The van der Waals surface area contributed by atoms with Crippen LogP contribution in [0.25, 0.3) is 16.6 Å². The Hall–Kier alpha value is -3.34. The summed E-state index contributed by atoms with van der Waals surface area (Å²) in [6.07, 6.45) is 0.386. The van der Waals surface area contributed by atoms with Gasteiger partial charge in [-0.3, -0.25) is 4.79 Å². The van der Waals surface area contributed by atoms with E-state index in [1.54, 1.807) is 4.90 Å². The second-order valence-corrected chi connectivity index (χ2v) is 7.60. The molecule has 0 aliphatic carbocycles. The molecule has 2 aromatic carbocycles. The van der Waals surface area contributed by atoms with Gasteiger partial charge in [0.25, 0.3) is 0 Å². The molecule has 0 aliphatic heterocycles. The molecule has 0 radical (unpaired) electrons. The number of hydrogen-bond donors (Lipinski definition) is 1. The molecule has 4 rings (SSSR count). The Labute approximate surface area is 171 Å². The summed E-state index contributed by atoms with van der Waals surface area (Å²) in [5, 5.41) is 5.82. The SMILES string of the molecule is Cc1nn(-c2ccccc2)c(C)c1CN(C)C(=O)Cc1c(C)[nH]c2ccccc12. The second-order valence-electron chi connectivity index (χ2n) is 7.60. The van der Waals surface area contributed by atoms with Gasteiger partial charge in [-0.1, -0.05) is 36.4 Å². The lowest BCUT2D eigenvalue weighted by atomic mass is 10.1. The third-order valence-electron chi connectivity index (χ3n) is 5.62. The second kappa shape index (κ2) is 7.59. The van der Waals surface area contributed by atoms with Crippen LogP contribution < -0.4 is 0 Å². The first kappa shape index (κ1) is 19.0. The Kier molecular flexibility index (Phi) is 4.97. The Morgan fingerprint density at radius 2 is 1.69 bits per heavy atom. The highest BCUT2D eigenvalue weighted by atomic mass is 16.2. The monoisotopic (exact) mass is 386 g/mol. The average Bonchev–Trinajstić information content (AvgIpc) is 3.19. The molecule has 0 spiro atoms. The normalized spacial score (nSPS) is 11.2. The molecule has 0 unspecified atom stereocenters. The molecule has 0 aliphatic rings. The Balaban J connectivity index is 1.55. The number of carbonyl (C=O) groups excluding carboxylic acids is 1. The first-order chi connectivity index (χ1) is 14.0. The molecule has 0 atom stereocenters. The van der Waals surface area contributed by atoms with Gasteiger partial charge in [0, 0.05) is 41.4 Å². The average molecular weight is 386 g/mol. The number of hydrogen-bond acceptors (Lipinski definition) is 2. The van der Waals surface area contributed by atoms with Crippen LogP contribution in [0.15, 0.2) is 54.6 Å². The van der Waals surface area contributed by atoms with Crippen molar-refractivity contribution in [3.05, 3.63) is 82.8 Å². The van der Waals surface area contributed by atoms with Crippen LogP contribution >= 0.6 is 0 Å². The van der Waals surface area contributed by atoms with Crippen molar-refractivity contribution in [2.24, 2.45) is 0 Å². The van der Waals surface area contributed by atoms with Crippen molar-refractivity contribution in [1.29, 1.82) is 0 Å². The number of likely N-dealkylation sites (N-methyl/N-ethyl adjacent to an activating group) is 1. The maximum atomic E-state index is 13.0. The van der Waals surface area contributed by atoms with Gasteiger partial charge in [0.05, 0.1) is 17.8 Å². The number of amides is 1. The standard InChI is InChI=1S/C24H26N4O/c1-16-21(20-12-8-9-13-23(20)25-16)14-24(29)27(4)15-22-17(2)26-28(18(22)3)19-10-6-5-7-11-19/h5-13,25H,14-15H2,1-4H3. The van der Waals surface area contributed by atoms with Crippen molar-refractivity contribution in [2.45, 2.75) is 33.7 Å². The molecule has 29 heavy (non-hydrogen) atoms. The number of para-hydroxylation sites is 2. The van der Waals surface area contributed by atoms with E-state index in [1.165, 1.54) is 0 Å². The molecular weight excluding hydrogens is 360 g/mol. The number of rotatable bonds is 5. The predicted molar refractivity (Wildman–Crippen MR) is 116 cm³/mol. The molecule has 0 bridgehead atoms. The summed E-state index contributed by atoms with van der Waals surface area (Å²) in [6, 6.07) is 18.2. The van der Waals surface area contributed by atoms with Crippen LogP contribution in [0.1, 0.15) is 28.2 Å². The highest BCUT2D eigenvalue weighted by molar-refractivity contribution is 5.90. The molecule has 4 aromatic rings. The Bertz CT molecular complexity index is 1170. The number of nitrogens with one attached hydrogen (secondary N) is 1. The third-order valence-corrected chi connectivity index (χ3v) is 5.62. The Morgan fingerprint density at radius 3 is 2.45 bits per heavy atom. The zero-order valence-electron chi connectivity index (χ0n) is 17.4. The minimum atomic E-state index is 0.101. The molecule has 5 nitrogen and oxygen atoms in total. The largest absolute Gasteiger partial charge is 0.358 e. The van der Waals surface area contributed by atoms with Crippen LogP contribution in [0.4, 0.5) is 0 Å². The number of H-pyrrole nitrogens is 1. The number of nitrogens with zero attached hydrogens (tertiary/aromatic N) is 3. The molecule has 0 saturated carbocycles. The summed E-state index contributed by atoms with van der Waals surface area (Å²) < 4.78 is 1.95. The van der Waals surface area contributed by atoms with Crippen LogP contribution in [0.3, 0.4) is 0 Å². The number of aromatic amines is 1. The fourth-order valence-electron chi connectivity index (χ4n) is 3.90. The maximum Gasteiger partial charge on any atom is 0.227 e. The lowest BCUT2D eigenvalue weighted by Crippen LogP contribution is -2.28. The van der Waals surface area contributed by atoms with Crippen molar-refractivity contribution in [1.82, 2.24) is 19.7 Å². The minimum absolute atomic E-state index is 0.101. The molecule has 0 saturated heterocycles. The van der Waals surface area contributed by atoms with Crippen LogP contribution in [-0.2, 0) is 17.8 Å². The number of benzene rings is 2. The van der Waals surface area contributed by atoms with E-state index in [-0.39, 0.29) is 5.91 Å². The molecular formula is C24H26N4O. The molecule has 2 heterocycles. The zero-order chi connectivity index (χ0) is 20.5.